The zero-order valence-electron chi connectivity index (χ0n) is 19.5. The SMILES string of the molecule is CCCCc1ccc(C(=O)N(Cc2ccco2)Cc2cccn2Cc2ccc(C)cc2)cc1. The fraction of sp³-hybridized carbons (Fsp3) is 0.276. The van der Waals surface area contributed by atoms with E-state index < -0.39 is 0 Å². The molecule has 2 heterocycles. The molecule has 4 aromatic rings. The van der Waals surface area contributed by atoms with Gasteiger partial charge in [-0.2, -0.15) is 0 Å². The fourth-order valence-electron chi connectivity index (χ4n) is 4.00. The number of aromatic nitrogens is 1. The van der Waals surface area contributed by atoms with Gasteiger partial charge in [0.15, 0.2) is 0 Å². The first-order valence-corrected chi connectivity index (χ1v) is 11.7. The molecule has 1 amide bonds. The van der Waals surface area contributed by atoms with Crippen molar-refractivity contribution >= 4 is 5.91 Å². The van der Waals surface area contributed by atoms with Crippen LogP contribution in [0.15, 0.2) is 89.7 Å². The van der Waals surface area contributed by atoms with E-state index in [1.807, 2.05) is 35.2 Å². The van der Waals surface area contributed by atoms with Crippen LogP contribution in [0.4, 0.5) is 0 Å². The Labute approximate surface area is 196 Å². The molecule has 2 aromatic heterocycles. The Balaban J connectivity index is 1.53. The number of aryl methyl sites for hydroxylation is 2. The normalized spacial score (nSPS) is 11.0. The van der Waals surface area contributed by atoms with Crippen molar-refractivity contribution in [1.29, 1.82) is 0 Å². The Morgan fingerprint density at radius 1 is 0.909 bits per heavy atom. The van der Waals surface area contributed by atoms with Crippen molar-refractivity contribution in [2.45, 2.75) is 52.7 Å². The third-order valence-corrected chi connectivity index (χ3v) is 5.98. The summed E-state index contributed by atoms with van der Waals surface area (Å²) in [6, 6.07) is 24.6. The Morgan fingerprint density at radius 2 is 1.67 bits per heavy atom. The molecule has 0 bridgehead atoms. The number of carbonyl (C=O) groups excluding carboxylic acids is 1. The summed E-state index contributed by atoms with van der Waals surface area (Å²) in [4.78, 5) is 15.4. The predicted molar refractivity (Wildman–Crippen MR) is 132 cm³/mol. The zero-order chi connectivity index (χ0) is 23.0. The van der Waals surface area contributed by atoms with Gasteiger partial charge in [0.1, 0.15) is 5.76 Å². The van der Waals surface area contributed by atoms with Gasteiger partial charge >= 0.3 is 0 Å². The number of carbonyl (C=O) groups is 1. The summed E-state index contributed by atoms with van der Waals surface area (Å²) in [6.45, 7) is 6.01. The van der Waals surface area contributed by atoms with Crippen molar-refractivity contribution in [3.63, 3.8) is 0 Å². The number of rotatable bonds is 10. The van der Waals surface area contributed by atoms with Crippen LogP contribution in [-0.2, 0) is 26.1 Å². The topological polar surface area (TPSA) is 38.4 Å². The Kier molecular flexibility index (Phi) is 7.46. The van der Waals surface area contributed by atoms with E-state index in [1.165, 1.54) is 23.1 Å². The Hall–Kier alpha value is -3.53. The first-order chi connectivity index (χ1) is 16.1. The van der Waals surface area contributed by atoms with E-state index in [1.54, 1.807) is 6.26 Å². The van der Waals surface area contributed by atoms with Crippen molar-refractivity contribution in [3.8, 4) is 0 Å². The number of benzene rings is 2. The molecule has 0 saturated heterocycles. The first kappa shape index (κ1) is 22.7. The van der Waals surface area contributed by atoms with E-state index in [2.05, 4.69) is 67.1 Å². The van der Waals surface area contributed by atoms with E-state index in [0.717, 1.165) is 30.8 Å². The van der Waals surface area contributed by atoms with Crippen LogP contribution < -0.4 is 0 Å². The molecule has 0 N–H and O–H groups in total. The van der Waals surface area contributed by atoms with Crippen LogP contribution in [0.2, 0.25) is 0 Å². The van der Waals surface area contributed by atoms with Gasteiger partial charge in [0.2, 0.25) is 0 Å². The van der Waals surface area contributed by atoms with Gasteiger partial charge < -0.3 is 13.9 Å². The summed E-state index contributed by atoms with van der Waals surface area (Å²) in [7, 11) is 0. The van der Waals surface area contributed by atoms with E-state index in [0.29, 0.717) is 18.7 Å². The lowest BCUT2D eigenvalue weighted by Crippen LogP contribution is -2.31. The van der Waals surface area contributed by atoms with Crippen molar-refractivity contribution in [3.05, 3.63) is 119 Å². The van der Waals surface area contributed by atoms with Gasteiger partial charge in [-0.05, 0) is 67.3 Å². The molecule has 0 radical (unpaired) electrons. The molecule has 0 aliphatic carbocycles. The molecule has 0 saturated carbocycles. The lowest BCUT2D eigenvalue weighted by Gasteiger charge is -2.23. The average molecular weight is 441 g/mol. The lowest BCUT2D eigenvalue weighted by molar-refractivity contribution is 0.0713. The summed E-state index contributed by atoms with van der Waals surface area (Å²) in [6.07, 6.45) is 7.11. The highest BCUT2D eigenvalue weighted by Gasteiger charge is 2.19. The van der Waals surface area contributed by atoms with Crippen LogP contribution in [0.25, 0.3) is 0 Å². The average Bonchev–Trinajstić information content (AvgIpc) is 3.51. The minimum absolute atomic E-state index is 0.0107. The second-order valence-electron chi connectivity index (χ2n) is 8.65. The Bertz CT molecular complexity index is 1140. The molecule has 4 rings (SSSR count). The maximum Gasteiger partial charge on any atom is 0.254 e. The second kappa shape index (κ2) is 10.9. The van der Waals surface area contributed by atoms with Crippen LogP contribution in [0, 0.1) is 6.92 Å². The highest BCUT2D eigenvalue weighted by molar-refractivity contribution is 5.94. The number of nitrogens with zero attached hydrogens (tertiary/aromatic N) is 2. The van der Waals surface area contributed by atoms with Crippen molar-refractivity contribution in [1.82, 2.24) is 9.47 Å². The van der Waals surface area contributed by atoms with Crippen molar-refractivity contribution in [2.24, 2.45) is 0 Å². The first-order valence-electron chi connectivity index (χ1n) is 11.7. The van der Waals surface area contributed by atoms with Crippen LogP contribution in [0.1, 0.15) is 58.3 Å². The molecule has 4 nitrogen and oxygen atoms in total. The van der Waals surface area contributed by atoms with Gasteiger partial charge in [-0.3, -0.25) is 4.79 Å². The predicted octanol–water partition coefficient (Wildman–Crippen LogP) is 6.62. The number of hydrogen-bond acceptors (Lipinski definition) is 2. The van der Waals surface area contributed by atoms with E-state index in [4.69, 9.17) is 4.42 Å². The van der Waals surface area contributed by atoms with E-state index in [-0.39, 0.29) is 5.91 Å². The zero-order valence-corrected chi connectivity index (χ0v) is 19.5. The van der Waals surface area contributed by atoms with E-state index in [9.17, 15) is 4.79 Å². The smallest absolute Gasteiger partial charge is 0.254 e. The largest absolute Gasteiger partial charge is 0.467 e. The number of hydrogen-bond donors (Lipinski definition) is 0. The van der Waals surface area contributed by atoms with Gasteiger partial charge in [-0.25, -0.2) is 0 Å². The van der Waals surface area contributed by atoms with Crippen LogP contribution in [0.5, 0.6) is 0 Å². The highest BCUT2D eigenvalue weighted by atomic mass is 16.3. The number of unbranched alkanes of at least 4 members (excludes halogenated alkanes) is 1. The summed E-state index contributed by atoms with van der Waals surface area (Å²) in [5.41, 5.74) is 5.57. The molecule has 2 aromatic carbocycles. The molecule has 4 heteroatoms. The molecule has 0 spiro atoms. The van der Waals surface area contributed by atoms with Gasteiger partial charge in [0.05, 0.1) is 19.4 Å². The molecule has 0 aliphatic heterocycles. The second-order valence-corrected chi connectivity index (χ2v) is 8.65. The summed E-state index contributed by atoms with van der Waals surface area (Å²) < 4.78 is 7.78. The highest BCUT2D eigenvalue weighted by Crippen LogP contribution is 2.18. The maximum absolute atomic E-state index is 13.5. The summed E-state index contributed by atoms with van der Waals surface area (Å²) in [5.74, 6) is 0.788. The molecular formula is C29H32N2O2. The van der Waals surface area contributed by atoms with Gasteiger partial charge in [0.25, 0.3) is 5.91 Å². The van der Waals surface area contributed by atoms with Gasteiger partial charge in [-0.1, -0.05) is 55.3 Å². The third kappa shape index (κ3) is 6.04. The minimum Gasteiger partial charge on any atom is -0.467 e. The number of furan rings is 1. The fourth-order valence-corrected chi connectivity index (χ4v) is 4.00. The molecule has 0 aliphatic rings. The molecular weight excluding hydrogens is 408 g/mol. The molecule has 170 valence electrons. The van der Waals surface area contributed by atoms with Crippen molar-refractivity contribution in [2.75, 3.05) is 0 Å². The molecule has 0 atom stereocenters. The maximum atomic E-state index is 13.5. The molecule has 0 fully saturated rings. The quantitative estimate of drug-likeness (QED) is 0.278. The van der Waals surface area contributed by atoms with Crippen LogP contribution >= 0.6 is 0 Å². The Morgan fingerprint density at radius 3 is 2.36 bits per heavy atom. The lowest BCUT2D eigenvalue weighted by atomic mass is 10.1. The molecule has 33 heavy (non-hydrogen) atoms. The van der Waals surface area contributed by atoms with Gasteiger partial charge in [-0.15, -0.1) is 0 Å². The molecule has 0 unspecified atom stereocenters. The summed E-state index contributed by atoms with van der Waals surface area (Å²) in [5, 5.41) is 0. The third-order valence-electron chi connectivity index (χ3n) is 5.98. The van der Waals surface area contributed by atoms with Gasteiger partial charge in [0, 0.05) is 24.0 Å². The summed E-state index contributed by atoms with van der Waals surface area (Å²) >= 11 is 0. The van der Waals surface area contributed by atoms with E-state index >= 15 is 0 Å². The van der Waals surface area contributed by atoms with Crippen molar-refractivity contribution < 1.29 is 9.21 Å². The van der Waals surface area contributed by atoms with Crippen LogP contribution in [0.3, 0.4) is 0 Å². The standard InChI is InChI=1S/C29H32N2O2/c1-3-4-7-24-14-16-26(17-15-24)29(32)31(22-28-9-6-19-33-28)21-27-8-5-18-30(27)20-25-12-10-23(2)11-13-25/h5-6,8-19H,3-4,7,20-22H2,1-2H3. The minimum atomic E-state index is 0.0107. The number of amides is 1. The van der Waals surface area contributed by atoms with Crippen LogP contribution in [-0.4, -0.2) is 15.4 Å². The monoisotopic (exact) mass is 440 g/mol.